The highest BCUT2D eigenvalue weighted by Gasteiger charge is 2.31. The van der Waals surface area contributed by atoms with Gasteiger partial charge in [0.1, 0.15) is 11.4 Å². The number of rotatable bonds is 5. The van der Waals surface area contributed by atoms with Gasteiger partial charge >= 0.3 is 12.5 Å². The zero-order valence-electron chi connectivity index (χ0n) is 15.5. The molecule has 29 heavy (non-hydrogen) atoms. The van der Waals surface area contributed by atoms with Gasteiger partial charge in [0.2, 0.25) is 0 Å². The normalized spacial score (nSPS) is 11.3. The average molecular weight is 406 g/mol. The van der Waals surface area contributed by atoms with E-state index in [1.807, 2.05) is 13.0 Å². The second-order valence-electron chi connectivity index (χ2n) is 6.31. The molecular weight excluding hydrogens is 389 g/mol. The molecule has 0 saturated heterocycles. The molecule has 7 nitrogen and oxygen atoms in total. The van der Waals surface area contributed by atoms with Gasteiger partial charge in [0.05, 0.1) is 11.9 Å². The van der Waals surface area contributed by atoms with E-state index in [0.29, 0.717) is 22.5 Å². The summed E-state index contributed by atoms with van der Waals surface area (Å²) in [7, 11) is 0. The SMILES string of the molecule is Cc1ccc(-n2ncc(-c3ccc(OC(F)(F)F)cc3C)n2)cc1CNC(=O)O. The van der Waals surface area contributed by atoms with E-state index < -0.39 is 12.5 Å². The van der Waals surface area contributed by atoms with Crippen LogP contribution in [0.15, 0.2) is 42.6 Å². The van der Waals surface area contributed by atoms with Crippen molar-refractivity contribution < 1.29 is 27.8 Å². The molecule has 0 radical (unpaired) electrons. The molecule has 0 aliphatic carbocycles. The number of amides is 1. The Morgan fingerprint density at radius 3 is 2.59 bits per heavy atom. The first kappa shape index (κ1) is 20.2. The second kappa shape index (κ2) is 7.82. The number of benzene rings is 2. The van der Waals surface area contributed by atoms with Crippen LogP contribution in [0.1, 0.15) is 16.7 Å². The first-order chi connectivity index (χ1) is 13.6. The molecule has 0 unspecified atom stereocenters. The number of carbonyl (C=O) groups is 1. The number of aromatic nitrogens is 3. The van der Waals surface area contributed by atoms with Gasteiger partial charge in [0.15, 0.2) is 0 Å². The lowest BCUT2D eigenvalue weighted by Crippen LogP contribution is -2.20. The lowest BCUT2D eigenvalue weighted by atomic mass is 10.1. The fourth-order valence-electron chi connectivity index (χ4n) is 2.78. The number of hydrogen-bond acceptors (Lipinski definition) is 4. The van der Waals surface area contributed by atoms with Crippen molar-refractivity contribution in [2.45, 2.75) is 26.8 Å². The second-order valence-corrected chi connectivity index (χ2v) is 6.31. The van der Waals surface area contributed by atoms with Crippen molar-refractivity contribution >= 4 is 6.09 Å². The van der Waals surface area contributed by atoms with Crippen molar-refractivity contribution in [3.05, 3.63) is 59.3 Å². The topological polar surface area (TPSA) is 89.3 Å². The van der Waals surface area contributed by atoms with Crippen molar-refractivity contribution in [2.24, 2.45) is 0 Å². The van der Waals surface area contributed by atoms with E-state index in [1.165, 1.54) is 29.2 Å². The Labute approximate surface area is 163 Å². The maximum absolute atomic E-state index is 12.4. The van der Waals surface area contributed by atoms with Crippen LogP contribution in [0.4, 0.5) is 18.0 Å². The van der Waals surface area contributed by atoms with Crippen molar-refractivity contribution in [2.75, 3.05) is 0 Å². The molecule has 2 aromatic carbocycles. The third kappa shape index (κ3) is 5.03. The van der Waals surface area contributed by atoms with E-state index in [1.54, 1.807) is 19.1 Å². The summed E-state index contributed by atoms with van der Waals surface area (Å²) in [4.78, 5) is 12.1. The van der Waals surface area contributed by atoms with Gasteiger partial charge in [0.25, 0.3) is 0 Å². The predicted molar refractivity (Wildman–Crippen MR) is 97.8 cm³/mol. The summed E-state index contributed by atoms with van der Waals surface area (Å²) in [5.41, 5.74) is 3.95. The zero-order chi connectivity index (χ0) is 21.2. The fourth-order valence-corrected chi connectivity index (χ4v) is 2.78. The summed E-state index contributed by atoms with van der Waals surface area (Å²) in [6, 6.07) is 9.37. The molecule has 0 aliphatic rings. The molecule has 0 spiro atoms. The van der Waals surface area contributed by atoms with Crippen LogP contribution in [-0.2, 0) is 6.54 Å². The number of nitrogens with one attached hydrogen (secondary N) is 1. The Morgan fingerprint density at radius 2 is 1.93 bits per heavy atom. The highest BCUT2D eigenvalue weighted by Crippen LogP contribution is 2.29. The van der Waals surface area contributed by atoms with Crippen molar-refractivity contribution in [1.29, 1.82) is 0 Å². The summed E-state index contributed by atoms with van der Waals surface area (Å²) in [6.07, 6.45) is -4.38. The van der Waals surface area contributed by atoms with Gasteiger partial charge in [-0.3, -0.25) is 0 Å². The third-order valence-corrected chi connectivity index (χ3v) is 4.19. The molecule has 152 valence electrons. The Balaban J connectivity index is 1.86. The third-order valence-electron chi connectivity index (χ3n) is 4.19. The van der Waals surface area contributed by atoms with Crippen LogP contribution in [0.5, 0.6) is 5.75 Å². The van der Waals surface area contributed by atoms with E-state index in [9.17, 15) is 18.0 Å². The van der Waals surface area contributed by atoms with Crippen LogP contribution in [0.3, 0.4) is 0 Å². The summed E-state index contributed by atoms with van der Waals surface area (Å²) in [6.45, 7) is 3.65. The molecule has 3 rings (SSSR count). The minimum Gasteiger partial charge on any atom is -0.465 e. The van der Waals surface area contributed by atoms with Crippen LogP contribution in [-0.4, -0.2) is 32.6 Å². The minimum absolute atomic E-state index is 0.142. The van der Waals surface area contributed by atoms with Gasteiger partial charge in [0, 0.05) is 12.1 Å². The van der Waals surface area contributed by atoms with E-state index in [0.717, 1.165) is 11.1 Å². The number of carboxylic acid groups (broad SMARTS) is 1. The predicted octanol–water partition coefficient (Wildman–Crippen LogP) is 4.22. The molecule has 0 fully saturated rings. The van der Waals surface area contributed by atoms with E-state index in [4.69, 9.17) is 5.11 Å². The standard InChI is InChI=1S/C19H17F3N4O3/c1-11-3-4-14(8-13(11)9-23-18(27)28)26-24-10-17(25-26)16-6-5-15(7-12(16)2)29-19(20,21)22/h3-8,10,23H,9H2,1-2H3,(H,27,28). The van der Waals surface area contributed by atoms with Gasteiger partial charge in [-0.15, -0.1) is 18.3 Å². The molecule has 0 bridgehead atoms. The quantitative estimate of drug-likeness (QED) is 0.662. The highest BCUT2D eigenvalue weighted by molar-refractivity contribution is 5.65. The molecule has 1 heterocycles. The summed E-state index contributed by atoms with van der Waals surface area (Å²) < 4.78 is 41.0. The van der Waals surface area contributed by atoms with Crippen LogP contribution in [0.25, 0.3) is 16.9 Å². The first-order valence-electron chi connectivity index (χ1n) is 8.48. The van der Waals surface area contributed by atoms with Gasteiger partial charge in [-0.25, -0.2) is 4.79 Å². The van der Waals surface area contributed by atoms with E-state index in [2.05, 4.69) is 20.3 Å². The van der Waals surface area contributed by atoms with Crippen LogP contribution < -0.4 is 10.1 Å². The maximum Gasteiger partial charge on any atom is 0.573 e. The van der Waals surface area contributed by atoms with Crippen LogP contribution >= 0.6 is 0 Å². The fraction of sp³-hybridized carbons (Fsp3) is 0.211. The lowest BCUT2D eigenvalue weighted by Gasteiger charge is -2.10. The molecule has 1 amide bonds. The van der Waals surface area contributed by atoms with E-state index in [-0.39, 0.29) is 12.3 Å². The molecule has 1 aromatic heterocycles. The number of halogens is 3. The van der Waals surface area contributed by atoms with Gasteiger partial charge < -0.3 is 15.2 Å². The van der Waals surface area contributed by atoms with Gasteiger partial charge in [-0.1, -0.05) is 6.07 Å². The number of ether oxygens (including phenoxy) is 1. The smallest absolute Gasteiger partial charge is 0.465 e. The average Bonchev–Trinajstić information content (AvgIpc) is 3.09. The first-order valence-corrected chi connectivity index (χ1v) is 8.48. The van der Waals surface area contributed by atoms with Crippen LogP contribution in [0.2, 0.25) is 0 Å². The van der Waals surface area contributed by atoms with Gasteiger partial charge in [-0.2, -0.15) is 9.90 Å². The molecule has 2 N–H and O–H groups in total. The Bertz CT molecular complexity index is 1050. The van der Waals surface area contributed by atoms with Crippen LogP contribution in [0, 0.1) is 13.8 Å². The summed E-state index contributed by atoms with van der Waals surface area (Å²) in [5.74, 6) is -0.305. The van der Waals surface area contributed by atoms with Crippen molar-refractivity contribution in [3.8, 4) is 22.7 Å². The largest absolute Gasteiger partial charge is 0.573 e. The zero-order valence-corrected chi connectivity index (χ0v) is 15.5. The molecule has 0 saturated carbocycles. The number of alkyl halides is 3. The van der Waals surface area contributed by atoms with Gasteiger partial charge in [-0.05, 0) is 60.9 Å². The molecule has 3 aromatic rings. The number of hydrogen-bond donors (Lipinski definition) is 2. The molecular formula is C19H17F3N4O3. The van der Waals surface area contributed by atoms with Crippen molar-refractivity contribution in [1.82, 2.24) is 20.3 Å². The number of aryl methyl sites for hydroxylation is 2. The molecule has 0 aliphatic heterocycles. The number of nitrogens with zero attached hydrogens (tertiary/aromatic N) is 3. The Hall–Kier alpha value is -3.56. The summed E-state index contributed by atoms with van der Waals surface area (Å²) in [5, 5.41) is 19.7. The lowest BCUT2D eigenvalue weighted by molar-refractivity contribution is -0.274. The van der Waals surface area contributed by atoms with E-state index >= 15 is 0 Å². The Kier molecular flexibility index (Phi) is 5.44. The monoisotopic (exact) mass is 406 g/mol. The Morgan fingerprint density at radius 1 is 1.17 bits per heavy atom. The van der Waals surface area contributed by atoms with Crippen molar-refractivity contribution in [3.63, 3.8) is 0 Å². The highest BCUT2D eigenvalue weighted by atomic mass is 19.4. The maximum atomic E-state index is 12.4. The summed E-state index contributed by atoms with van der Waals surface area (Å²) >= 11 is 0. The molecule has 0 atom stereocenters. The minimum atomic E-state index is -4.75. The molecule has 10 heteroatoms.